The highest BCUT2D eigenvalue weighted by atomic mass is 79.9. The molecular formula is C12H10BrF2NO2. The van der Waals surface area contributed by atoms with Crippen molar-refractivity contribution in [3.05, 3.63) is 51.9 Å². The Balaban J connectivity index is 2.44. The molecule has 0 fully saturated rings. The number of furan rings is 1. The minimum atomic E-state index is -1.01. The lowest BCUT2D eigenvalue weighted by molar-refractivity contribution is 0.402. The van der Waals surface area contributed by atoms with Crippen LogP contribution in [0.25, 0.3) is 0 Å². The van der Waals surface area contributed by atoms with Gasteiger partial charge in [0.2, 0.25) is 0 Å². The van der Waals surface area contributed by atoms with Gasteiger partial charge in [-0.25, -0.2) is 8.78 Å². The molecule has 0 spiro atoms. The van der Waals surface area contributed by atoms with E-state index in [0.717, 1.165) is 12.1 Å². The summed E-state index contributed by atoms with van der Waals surface area (Å²) in [7, 11) is 1.33. The van der Waals surface area contributed by atoms with E-state index in [0.29, 0.717) is 4.67 Å². The van der Waals surface area contributed by atoms with E-state index in [-0.39, 0.29) is 17.1 Å². The average Bonchev–Trinajstić information content (AvgIpc) is 2.74. The summed E-state index contributed by atoms with van der Waals surface area (Å²) in [6.45, 7) is 0. The summed E-state index contributed by atoms with van der Waals surface area (Å²) in [5.41, 5.74) is 5.54. The topological polar surface area (TPSA) is 48.4 Å². The molecule has 0 bridgehead atoms. The zero-order chi connectivity index (χ0) is 13.3. The van der Waals surface area contributed by atoms with Crippen molar-refractivity contribution < 1.29 is 17.9 Å². The van der Waals surface area contributed by atoms with E-state index in [2.05, 4.69) is 15.9 Å². The second-order valence-corrected chi connectivity index (χ2v) is 4.41. The van der Waals surface area contributed by atoms with Gasteiger partial charge in [0, 0.05) is 17.7 Å². The molecule has 1 unspecified atom stereocenters. The number of hydrogen-bond acceptors (Lipinski definition) is 3. The van der Waals surface area contributed by atoms with E-state index in [1.165, 1.54) is 7.11 Å². The van der Waals surface area contributed by atoms with Crippen molar-refractivity contribution in [2.45, 2.75) is 6.04 Å². The Labute approximate surface area is 111 Å². The molecule has 96 valence electrons. The standard InChI is InChI=1S/C12H10BrF2NO2/c1-17-6-4-7(14)11(8(15)5-6)12(16)9-2-3-10(13)18-9/h2-5,12H,16H2,1H3. The molecule has 0 saturated carbocycles. The molecule has 18 heavy (non-hydrogen) atoms. The molecule has 1 aromatic carbocycles. The van der Waals surface area contributed by atoms with Gasteiger partial charge in [-0.1, -0.05) is 0 Å². The minimum absolute atomic E-state index is 0.0987. The van der Waals surface area contributed by atoms with Crippen LogP contribution in [-0.4, -0.2) is 7.11 Å². The lowest BCUT2D eigenvalue weighted by atomic mass is 10.0. The monoisotopic (exact) mass is 317 g/mol. The van der Waals surface area contributed by atoms with Gasteiger partial charge in [0.05, 0.1) is 13.2 Å². The van der Waals surface area contributed by atoms with E-state index in [4.69, 9.17) is 14.9 Å². The van der Waals surface area contributed by atoms with Crippen molar-refractivity contribution >= 4 is 15.9 Å². The van der Waals surface area contributed by atoms with Gasteiger partial charge >= 0.3 is 0 Å². The Morgan fingerprint density at radius 1 is 1.28 bits per heavy atom. The van der Waals surface area contributed by atoms with Crippen LogP contribution in [-0.2, 0) is 0 Å². The predicted molar refractivity (Wildman–Crippen MR) is 65.3 cm³/mol. The Kier molecular flexibility index (Phi) is 3.68. The maximum absolute atomic E-state index is 13.8. The maximum atomic E-state index is 13.8. The Morgan fingerprint density at radius 2 is 1.89 bits per heavy atom. The third kappa shape index (κ3) is 2.39. The van der Waals surface area contributed by atoms with E-state index in [1.807, 2.05) is 0 Å². The van der Waals surface area contributed by atoms with Crippen molar-refractivity contribution in [1.82, 2.24) is 0 Å². The third-order valence-electron chi connectivity index (χ3n) is 2.50. The molecule has 1 atom stereocenters. The Bertz CT molecular complexity index is 548. The highest BCUT2D eigenvalue weighted by molar-refractivity contribution is 9.10. The normalized spacial score (nSPS) is 12.5. The van der Waals surface area contributed by atoms with Crippen molar-refractivity contribution in [3.8, 4) is 5.75 Å². The van der Waals surface area contributed by atoms with Crippen molar-refractivity contribution in [2.75, 3.05) is 7.11 Å². The molecule has 2 aromatic rings. The van der Waals surface area contributed by atoms with E-state index < -0.39 is 17.7 Å². The first-order valence-electron chi connectivity index (χ1n) is 5.06. The highest BCUT2D eigenvalue weighted by Crippen LogP contribution is 2.30. The zero-order valence-electron chi connectivity index (χ0n) is 9.41. The molecule has 0 aliphatic rings. The molecule has 0 aliphatic carbocycles. The summed E-state index contributed by atoms with van der Waals surface area (Å²) in [6, 6.07) is 4.31. The number of hydrogen-bond donors (Lipinski definition) is 1. The fourth-order valence-corrected chi connectivity index (χ4v) is 1.93. The van der Waals surface area contributed by atoms with Crippen LogP contribution in [0.2, 0.25) is 0 Å². The van der Waals surface area contributed by atoms with Gasteiger partial charge < -0.3 is 14.9 Å². The van der Waals surface area contributed by atoms with Crippen LogP contribution >= 0.6 is 15.9 Å². The van der Waals surface area contributed by atoms with Gasteiger partial charge in [-0.05, 0) is 28.1 Å². The number of methoxy groups -OCH3 is 1. The Hall–Kier alpha value is -1.40. The number of benzene rings is 1. The van der Waals surface area contributed by atoms with Crippen LogP contribution in [0.4, 0.5) is 8.78 Å². The number of ether oxygens (including phenoxy) is 1. The fraction of sp³-hybridized carbons (Fsp3) is 0.167. The average molecular weight is 318 g/mol. The summed E-state index contributed by atoms with van der Waals surface area (Å²) < 4.78 is 38.0. The quantitative estimate of drug-likeness (QED) is 0.944. The van der Waals surface area contributed by atoms with E-state index >= 15 is 0 Å². The van der Waals surface area contributed by atoms with Crippen LogP contribution in [0.1, 0.15) is 17.4 Å². The zero-order valence-corrected chi connectivity index (χ0v) is 11.0. The van der Waals surface area contributed by atoms with Gasteiger partial charge in [-0.2, -0.15) is 0 Å². The van der Waals surface area contributed by atoms with Crippen molar-refractivity contribution in [2.24, 2.45) is 5.73 Å². The fourth-order valence-electron chi connectivity index (χ4n) is 1.61. The van der Waals surface area contributed by atoms with Gasteiger partial charge in [0.15, 0.2) is 4.67 Å². The van der Waals surface area contributed by atoms with E-state index in [1.54, 1.807) is 12.1 Å². The van der Waals surface area contributed by atoms with E-state index in [9.17, 15) is 8.78 Å². The van der Waals surface area contributed by atoms with Gasteiger partial charge in [-0.3, -0.25) is 0 Å². The first kappa shape index (κ1) is 13.0. The van der Waals surface area contributed by atoms with Crippen LogP contribution in [0.5, 0.6) is 5.75 Å². The second kappa shape index (κ2) is 5.07. The largest absolute Gasteiger partial charge is 0.497 e. The molecule has 3 nitrogen and oxygen atoms in total. The maximum Gasteiger partial charge on any atom is 0.169 e. The predicted octanol–water partition coefficient (Wildman–Crippen LogP) is 3.38. The third-order valence-corrected chi connectivity index (χ3v) is 2.93. The number of rotatable bonds is 3. The molecule has 2 N–H and O–H groups in total. The molecule has 1 heterocycles. The first-order chi connectivity index (χ1) is 8.52. The lowest BCUT2D eigenvalue weighted by Crippen LogP contribution is -2.15. The molecule has 0 aliphatic heterocycles. The summed E-state index contributed by atoms with van der Waals surface area (Å²) >= 11 is 3.10. The second-order valence-electron chi connectivity index (χ2n) is 3.62. The smallest absolute Gasteiger partial charge is 0.169 e. The number of halogens is 3. The summed E-state index contributed by atoms with van der Waals surface area (Å²) in [5, 5.41) is 0. The molecule has 0 amide bonds. The summed E-state index contributed by atoms with van der Waals surface area (Å²) in [4.78, 5) is 0. The lowest BCUT2D eigenvalue weighted by Gasteiger charge is -2.12. The van der Waals surface area contributed by atoms with Crippen LogP contribution in [0.3, 0.4) is 0 Å². The SMILES string of the molecule is COc1cc(F)c(C(N)c2ccc(Br)o2)c(F)c1. The van der Waals surface area contributed by atoms with Crippen molar-refractivity contribution in [1.29, 1.82) is 0 Å². The number of nitrogens with two attached hydrogens (primary N) is 1. The molecule has 2 rings (SSSR count). The van der Waals surface area contributed by atoms with Crippen LogP contribution in [0.15, 0.2) is 33.4 Å². The minimum Gasteiger partial charge on any atom is -0.497 e. The Morgan fingerprint density at radius 3 is 2.33 bits per heavy atom. The summed E-state index contributed by atoms with van der Waals surface area (Å²) in [5.74, 6) is -1.18. The molecule has 6 heteroatoms. The molecular weight excluding hydrogens is 308 g/mol. The van der Waals surface area contributed by atoms with Gasteiger partial charge in [0.1, 0.15) is 23.1 Å². The van der Waals surface area contributed by atoms with Crippen molar-refractivity contribution in [3.63, 3.8) is 0 Å². The first-order valence-corrected chi connectivity index (χ1v) is 5.86. The van der Waals surface area contributed by atoms with Gasteiger partial charge in [-0.15, -0.1) is 0 Å². The summed E-state index contributed by atoms with van der Waals surface area (Å²) in [6.07, 6.45) is 0. The highest BCUT2D eigenvalue weighted by Gasteiger charge is 2.22. The molecule has 1 aromatic heterocycles. The van der Waals surface area contributed by atoms with Gasteiger partial charge in [0.25, 0.3) is 0 Å². The molecule has 0 saturated heterocycles. The molecule has 0 radical (unpaired) electrons. The van der Waals surface area contributed by atoms with Crippen LogP contribution < -0.4 is 10.5 Å². The van der Waals surface area contributed by atoms with Crippen LogP contribution in [0, 0.1) is 11.6 Å².